The van der Waals surface area contributed by atoms with Crippen LogP contribution in [-0.2, 0) is 9.53 Å². The third-order valence-corrected chi connectivity index (χ3v) is 3.41. The average Bonchev–Trinajstić information content (AvgIpc) is 2.68. The van der Waals surface area contributed by atoms with Gasteiger partial charge in [0.25, 0.3) is 0 Å². The smallest absolute Gasteiger partial charge is 0.222 e. The fraction of sp³-hybridized carbons (Fsp3) is 0.909. The van der Waals surface area contributed by atoms with E-state index in [-0.39, 0.29) is 18.1 Å². The summed E-state index contributed by atoms with van der Waals surface area (Å²) < 4.78 is 5.41. The molecule has 0 saturated carbocycles. The Morgan fingerprint density at radius 2 is 2.33 bits per heavy atom. The maximum atomic E-state index is 11.6. The van der Waals surface area contributed by atoms with E-state index in [1.807, 2.05) is 13.8 Å². The number of rotatable bonds is 5. The van der Waals surface area contributed by atoms with Crippen LogP contribution in [0.2, 0.25) is 0 Å². The summed E-state index contributed by atoms with van der Waals surface area (Å²) in [5, 5.41) is 2.95. The molecule has 1 fully saturated rings. The fourth-order valence-corrected chi connectivity index (χ4v) is 1.87. The van der Waals surface area contributed by atoms with Gasteiger partial charge >= 0.3 is 0 Å². The Morgan fingerprint density at radius 3 is 2.87 bits per heavy atom. The number of alkyl halides is 1. The fourth-order valence-electron chi connectivity index (χ4n) is 1.60. The van der Waals surface area contributed by atoms with Gasteiger partial charge in [0.05, 0.1) is 12.5 Å². The number of carbonyl (C=O) groups is 1. The van der Waals surface area contributed by atoms with Crippen molar-refractivity contribution >= 4 is 17.5 Å². The van der Waals surface area contributed by atoms with Gasteiger partial charge in [-0.25, -0.2) is 0 Å². The van der Waals surface area contributed by atoms with Gasteiger partial charge in [0.15, 0.2) is 0 Å². The first-order valence-electron chi connectivity index (χ1n) is 5.60. The van der Waals surface area contributed by atoms with Crippen LogP contribution < -0.4 is 5.32 Å². The highest BCUT2D eigenvalue weighted by Gasteiger charge is 2.21. The van der Waals surface area contributed by atoms with Gasteiger partial charge in [-0.15, -0.1) is 11.6 Å². The van der Waals surface area contributed by atoms with E-state index in [1.165, 1.54) is 0 Å². The summed E-state index contributed by atoms with van der Waals surface area (Å²) in [6.45, 7) is 4.82. The third-order valence-electron chi connectivity index (χ3n) is 2.92. The summed E-state index contributed by atoms with van der Waals surface area (Å²) in [6, 6.07) is 0.136. The summed E-state index contributed by atoms with van der Waals surface area (Å²) in [6.07, 6.45) is 2.70. The average molecular weight is 234 g/mol. The molecule has 3 atom stereocenters. The standard InChI is InChI=1S/C11H20ClNO2/c1-8(7-12)9(2)13-11(14)6-10-4-3-5-15-10/h8-10H,3-7H2,1-2H3,(H,13,14). The highest BCUT2D eigenvalue weighted by Crippen LogP contribution is 2.15. The van der Waals surface area contributed by atoms with Crippen molar-refractivity contribution in [2.24, 2.45) is 5.92 Å². The van der Waals surface area contributed by atoms with E-state index in [1.54, 1.807) is 0 Å². The monoisotopic (exact) mass is 233 g/mol. The number of nitrogens with one attached hydrogen (secondary N) is 1. The van der Waals surface area contributed by atoms with Gasteiger partial charge in [-0.05, 0) is 25.7 Å². The topological polar surface area (TPSA) is 38.3 Å². The second-order valence-corrected chi connectivity index (χ2v) is 4.64. The van der Waals surface area contributed by atoms with E-state index >= 15 is 0 Å². The first-order valence-corrected chi connectivity index (χ1v) is 6.14. The lowest BCUT2D eigenvalue weighted by Crippen LogP contribution is -2.39. The normalized spacial score (nSPS) is 24.9. The van der Waals surface area contributed by atoms with Crippen LogP contribution >= 0.6 is 11.6 Å². The molecule has 1 aliphatic heterocycles. The largest absolute Gasteiger partial charge is 0.378 e. The Bertz CT molecular complexity index is 205. The van der Waals surface area contributed by atoms with Crippen LogP contribution in [0.25, 0.3) is 0 Å². The quantitative estimate of drug-likeness (QED) is 0.737. The maximum Gasteiger partial charge on any atom is 0.222 e. The Labute approximate surface area is 96.5 Å². The summed E-state index contributed by atoms with van der Waals surface area (Å²) in [5.41, 5.74) is 0. The summed E-state index contributed by atoms with van der Waals surface area (Å²) in [7, 11) is 0. The number of halogens is 1. The van der Waals surface area contributed by atoms with E-state index < -0.39 is 0 Å². The number of carbonyl (C=O) groups excluding carboxylic acids is 1. The molecule has 3 nitrogen and oxygen atoms in total. The van der Waals surface area contributed by atoms with Gasteiger partial charge in [-0.1, -0.05) is 6.92 Å². The van der Waals surface area contributed by atoms with Gasteiger partial charge in [-0.2, -0.15) is 0 Å². The Hall–Kier alpha value is -0.280. The Kier molecular flexibility index (Phi) is 5.40. The lowest BCUT2D eigenvalue weighted by Gasteiger charge is -2.20. The van der Waals surface area contributed by atoms with Crippen LogP contribution in [0.4, 0.5) is 0 Å². The molecule has 15 heavy (non-hydrogen) atoms. The van der Waals surface area contributed by atoms with Gasteiger partial charge in [-0.3, -0.25) is 4.79 Å². The van der Waals surface area contributed by atoms with Crippen molar-refractivity contribution in [3.63, 3.8) is 0 Å². The van der Waals surface area contributed by atoms with Crippen molar-refractivity contribution in [3.05, 3.63) is 0 Å². The molecule has 0 aromatic carbocycles. The van der Waals surface area contributed by atoms with Crippen LogP contribution in [0.15, 0.2) is 0 Å². The van der Waals surface area contributed by atoms with Crippen LogP contribution in [0.3, 0.4) is 0 Å². The zero-order valence-electron chi connectivity index (χ0n) is 9.46. The van der Waals surface area contributed by atoms with E-state index in [0.717, 1.165) is 19.4 Å². The van der Waals surface area contributed by atoms with Crippen molar-refractivity contribution in [3.8, 4) is 0 Å². The lowest BCUT2D eigenvalue weighted by atomic mass is 10.1. The molecule has 0 aliphatic carbocycles. The first-order chi connectivity index (χ1) is 7.13. The predicted molar refractivity (Wildman–Crippen MR) is 61.1 cm³/mol. The van der Waals surface area contributed by atoms with Crippen LogP contribution in [0.1, 0.15) is 33.1 Å². The molecule has 1 heterocycles. The van der Waals surface area contributed by atoms with E-state index in [2.05, 4.69) is 5.32 Å². The molecule has 3 unspecified atom stereocenters. The summed E-state index contributed by atoms with van der Waals surface area (Å²) in [5.74, 6) is 0.952. The SMILES string of the molecule is CC(CCl)C(C)NC(=O)CC1CCCO1. The Morgan fingerprint density at radius 1 is 1.60 bits per heavy atom. The van der Waals surface area contributed by atoms with Gasteiger partial charge in [0, 0.05) is 18.5 Å². The molecule has 1 rings (SSSR count). The molecule has 0 radical (unpaired) electrons. The van der Waals surface area contributed by atoms with Gasteiger partial charge in [0.1, 0.15) is 0 Å². The zero-order valence-corrected chi connectivity index (χ0v) is 10.2. The first kappa shape index (κ1) is 12.8. The number of ether oxygens (including phenoxy) is 1. The summed E-state index contributed by atoms with van der Waals surface area (Å²) >= 11 is 5.72. The van der Waals surface area contributed by atoms with Crippen molar-refractivity contribution in [1.82, 2.24) is 5.32 Å². The molecule has 0 bridgehead atoms. The molecule has 0 aromatic rings. The minimum absolute atomic E-state index is 0.0753. The molecule has 1 amide bonds. The van der Waals surface area contributed by atoms with Crippen LogP contribution in [-0.4, -0.2) is 30.5 Å². The van der Waals surface area contributed by atoms with Crippen molar-refractivity contribution in [2.75, 3.05) is 12.5 Å². The highest BCUT2D eigenvalue weighted by atomic mass is 35.5. The number of hydrogen-bond acceptors (Lipinski definition) is 2. The molecule has 0 spiro atoms. The second-order valence-electron chi connectivity index (χ2n) is 4.33. The zero-order chi connectivity index (χ0) is 11.3. The van der Waals surface area contributed by atoms with Crippen molar-refractivity contribution in [1.29, 1.82) is 0 Å². The molecule has 1 saturated heterocycles. The molecule has 1 N–H and O–H groups in total. The highest BCUT2D eigenvalue weighted by molar-refractivity contribution is 6.18. The minimum atomic E-state index is 0.0753. The third kappa shape index (κ3) is 4.39. The van der Waals surface area contributed by atoms with Gasteiger partial charge < -0.3 is 10.1 Å². The summed E-state index contributed by atoms with van der Waals surface area (Å²) in [4.78, 5) is 11.6. The van der Waals surface area contributed by atoms with Gasteiger partial charge in [0.2, 0.25) is 5.91 Å². The molecule has 88 valence electrons. The van der Waals surface area contributed by atoms with Crippen LogP contribution in [0, 0.1) is 5.92 Å². The minimum Gasteiger partial charge on any atom is -0.378 e. The molecular formula is C11H20ClNO2. The molecule has 1 aliphatic rings. The number of hydrogen-bond donors (Lipinski definition) is 1. The Balaban J connectivity index is 2.22. The maximum absolute atomic E-state index is 11.6. The van der Waals surface area contributed by atoms with E-state index in [0.29, 0.717) is 18.2 Å². The van der Waals surface area contributed by atoms with E-state index in [9.17, 15) is 4.79 Å². The van der Waals surface area contributed by atoms with E-state index in [4.69, 9.17) is 16.3 Å². The van der Waals surface area contributed by atoms with Crippen molar-refractivity contribution < 1.29 is 9.53 Å². The van der Waals surface area contributed by atoms with Crippen LogP contribution in [0.5, 0.6) is 0 Å². The molecule has 0 aromatic heterocycles. The van der Waals surface area contributed by atoms with Crippen molar-refractivity contribution in [2.45, 2.75) is 45.3 Å². The molecule has 4 heteroatoms. The second kappa shape index (κ2) is 6.33. The predicted octanol–water partition coefficient (Wildman–Crippen LogP) is 1.94. The lowest BCUT2D eigenvalue weighted by molar-refractivity contribution is -0.124. The number of amides is 1. The molecular weight excluding hydrogens is 214 g/mol.